The Hall–Kier alpha value is -3.03. The highest BCUT2D eigenvalue weighted by atomic mass is 19.1. The van der Waals surface area contributed by atoms with Crippen LogP contribution in [0, 0.1) is 21.7 Å². The molecule has 0 atom stereocenters. The zero-order valence-corrected chi connectivity index (χ0v) is 11.0. The van der Waals surface area contributed by atoms with Gasteiger partial charge >= 0.3 is 11.7 Å². The molecular formula is C14H9F2NO5. The summed E-state index contributed by atoms with van der Waals surface area (Å²) in [5.74, 6) is -3.23. The Morgan fingerprint density at radius 2 is 1.86 bits per heavy atom. The number of carbonyl (C=O) groups is 1. The zero-order chi connectivity index (χ0) is 16.1. The number of nitro benzene ring substituents is 1. The van der Waals surface area contributed by atoms with E-state index in [1.807, 2.05) is 0 Å². The van der Waals surface area contributed by atoms with E-state index < -0.39 is 40.6 Å². The first-order valence-corrected chi connectivity index (χ1v) is 5.99. The predicted octanol–water partition coefficient (Wildman–Crippen LogP) is 2.86. The fourth-order valence-electron chi connectivity index (χ4n) is 1.57. The number of hydrogen-bond acceptors (Lipinski definition) is 5. The Bertz CT molecular complexity index is 720. The molecule has 0 amide bonds. The van der Waals surface area contributed by atoms with Gasteiger partial charge in [-0.2, -0.15) is 0 Å². The summed E-state index contributed by atoms with van der Waals surface area (Å²) in [5, 5.41) is 10.7. The summed E-state index contributed by atoms with van der Waals surface area (Å²) in [6.45, 7) is -0.686. The van der Waals surface area contributed by atoms with E-state index >= 15 is 0 Å². The summed E-state index contributed by atoms with van der Waals surface area (Å²) in [6.07, 6.45) is 0. The van der Waals surface area contributed by atoms with Crippen molar-refractivity contribution >= 4 is 11.7 Å². The lowest BCUT2D eigenvalue weighted by molar-refractivity contribution is -0.385. The summed E-state index contributed by atoms with van der Waals surface area (Å²) < 4.78 is 35.9. The van der Waals surface area contributed by atoms with Gasteiger partial charge in [0.25, 0.3) is 0 Å². The number of benzene rings is 2. The molecule has 0 heterocycles. The van der Waals surface area contributed by atoms with Crippen LogP contribution in [-0.4, -0.2) is 17.5 Å². The van der Waals surface area contributed by atoms with Crippen LogP contribution in [0.15, 0.2) is 42.5 Å². The molecule has 0 aliphatic heterocycles. The molecule has 0 aromatic heterocycles. The molecule has 8 heteroatoms. The Morgan fingerprint density at radius 3 is 2.55 bits per heavy atom. The van der Waals surface area contributed by atoms with Crippen molar-refractivity contribution in [3.63, 3.8) is 0 Å². The second-order valence-electron chi connectivity index (χ2n) is 4.06. The second-order valence-corrected chi connectivity index (χ2v) is 4.06. The number of carbonyl (C=O) groups excluding carboxylic acids is 1. The number of halogens is 2. The van der Waals surface area contributed by atoms with Crippen molar-refractivity contribution in [2.45, 2.75) is 0 Å². The van der Waals surface area contributed by atoms with Gasteiger partial charge in [0.15, 0.2) is 18.2 Å². The number of hydrogen-bond donors (Lipinski definition) is 0. The summed E-state index contributed by atoms with van der Waals surface area (Å²) >= 11 is 0. The van der Waals surface area contributed by atoms with Crippen LogP contribution in [0.2, 0.25) is 0 Å². The third-order valence-electron chi connectivity index (χ3n) is 2.52. The van der Waals surface area contributed by atoms with Crippen molar-refractivity contribution in [1.82, 2.24) is 0 Å². The van der Waals surface area contributed by atoms with Crippen LogP contribution in [0.25, 0.3) is 0 Å². The molecule has 0 aliphatic rings. The quantitative estimate of drug-likeness (QED) is 0.367. The molecule has 0 saturated heterocycles. The van der Waals surface area contributed by atoms with E-state index in [1.54, 1.807) is 0 Å². The first kappa shape index (κ1) is 15.4. The largest absolute Gasteiger partial charge is 0.479 e. The third kappa shape index (κ3) is 3.75. The fraction of sp³-hybridized carbons (Fsp3) is 0.0714. The highest BCUT2D eigenvalue weighted by molar-refractivity contribution is 5.75. The number of rotatable bonds is 5. The Kier molecular flexibility index (Phi) is 4.62. The third-order valence-corrected chi connectivity index (χ3v) is 2.52. The van der Waals surface area contributed by atoms with E-state index in [2.05, 4.69) is 4.74 Å². The fourth-order valence-corrected chi connectivity index (χ4v) is 1.57. The molecule has 0 saturated carbocycles. The SMILES string of the molecule is O=C(COc1ccccc1F)Oc1cc(F)ccc1[N+](=O)[O-]. The van der Waals surface area contributed by atoms with Crippen LogP contribution in [0.5, 0.6) is 11.5 Å². The minimum absolute atomic E-state index is 0.173. The second kappa shape index (κ2) is 6.61. The molecule has 0 bridgehead atoms. The lowest BCUT2D eigenvalue weighted by Gasteiger charge is -2.07. The van der Waals surface area contributed by atoms with Crippen molar-refractivity contribution in [3.05, 3.63) is 64.2 Å². The van der Waals surface area contributed by atoms with Gasteiger partial charge in [0.2, 0.25) is 5.75 Å². The highest BCUT2D eigenvalue weighted by Gasteiger charge is 2.19. The molecule has 22 heavy (non-hydrogen) atoms. The summed E-state index contributed by atoms with van der Waals surface area (Å²) in [4.78, 5) is 21.5. The van der Waals surface area contributed by atoms with Crippen molar-refractivity contribution in [2.24, 2.45) is 0 Å². The normalized spacial score (nSPS) is 10.1. The molecule has 0 N–H and O–H groups in total. The maximum absolute atomic E-state index is 13.3. The number of ether oxygens (including phenoxy) is 2. The van der Waals surface area contributed by atoms with Gasteiger partial charge in [0.05, 0.1) is 4.92 Å². The molecule has 2 rings (SSSR count). The van der Waals surface area contributed by atoms with Crippen LogP contribution in [-0.2, 0) is 4.79 Å². The summed E-state index contributed by atoms with van der Waals surface area (Å²) in [5.41, 5.74) is -0.569. The van der Waals surface area contributed by atoms with Crippen molar-refractivity contribution in [1.29, 1.82) is 0 Å². The van der Waals surface area contributed by atoms with Crippen LogP contribution in [0.1, 0.15) is 0 Å². The van der Waals surface area contributed by atoms with Crippen LogP contribution < -0.4 is 9.47 Å². The average molecular weight is 309 g/mol. The van der Waals surface area contributed by atoms with E-state index in [4.69, 9.17) is 4.74 Å². The van der Waals surface area contributed by atoms with E-state index in [0.717, 1.165) is 18.2 Å². The molecule has 6 nitrogen and oxygen atoms in total. The number of nitrogens with zero attached hydrogens (tertiary/aromatic N) is 1. The van der Waals surface area contributed by atoms with Gasteiger partial charge in [-0.3, -0.25) is 10.1 Å². The Morgan fingerprint density at radius 1 is 1.14 bits per heavy atom. The smallest absolute Gasteiger partial charge is 0.349 e. The monoisotopic (exact) mass is 309 g/mol. The zero-order valence-electron chi connectivity index (χ0n) is 11.0. The highest BCUT2D eigenvalue weighted by Crippen LogP contribution is 2.27. The van der Waals surface area contributed by atoms with Gasteiger partial charge in [-0.1, -0.05) is 12.1 Å². The topological polar surface area (TPSA) is 78.7 Å². The van der Waals surface area contributed by atoms with Crippen molar-refractivity contribution in [3.8, 4) is 11.5 Å². The number of para-hydroxylation sites is 1. The molecule has 2 aromatic carbocycles. The van der Waals surface area contributed by atoms with Gasteiger partial charge in [-0.05, 0) is 18.2 Å². The van der Waals surface area contributed by atoms with Gasteiger partial charge in [-0.25, -0.2) is 13.6 Å². The molecule has 2 aromatic rings. The van der Waals surface area contributed by atoms with Crippen molar-refractivity contribution < 1.29 is 28.0 Å². The van der Waals surface area contributed by atoms with Gasteiger partial charge in [-0.15, -0.1) is 0 Å². The van der Waals surface area contributed by atoms with Crippen molar-refractivity contribution in [2.75, 3.05) is 6.61 Å². The molecule has 114 valence electrons. The van der Waals surface area contributed by atoms with E-state index in [1.165, 1.54) is 18.2 Å². The van der Waals surface area contributed by atoms with Crippen LogP contribution in [0.4, 0.5) is 14.5 Å². The molecular weight excluding hydrogens is 300 g/mol. The van der Waals surface area contributed by atoms with E-state index in [0.29, 0.717) is 6.07 Å². The molecule has 0 spiro atoms. The van der Waals surface area contributed by atoms with E-state index in [-0.39, 0.29) is 5.75 Å². The van der Waals surface area contributed by atoms with Gasteiger partial charge in [0, 0.05) is 12.1 Å². The Labute approximate surface area is 123 Å². The maximum Gasteiger partial charge on any atom is 0.349 e. The van der Waals surface area contributed by atoms with Gasteiger partial charge in [0.1, 0.15) is 5.82 Å². The maximum atomic E-state index is 13.3. The average Bonchev–Trinajstić information content (AvgIpc) is 2.46. The lowest BCUT2D eigenvalue weighted by Crippen LogP contribution is -2.18. The summed E-state index contributed by atoms with van der Waals surface area (Å²) in [7, 11) is 0. The lowest BCUT2D eigenvalue weighted by atomic mass is 10.3. The van der Waals surface area contributed by atoms with Crippen LogP contribution in [0.3, 0.4) is 0 Å². The number of esters is 1. The predicted molar refractivity (Wildman–Crippen MR) is 70.6 cm³/mol. The standard InChI is InChI=1S/C14H9F2NO5/c15-9-5-6-11(17(19)20)13(7-9)22-14(18)8-21-12-4-2-1-3-10(12)16/h1-7H,8H2. The summed E-state index contributed by atoms with van der Waals surface area (Å²) in [6, 6.07) is 7.82. The Balaban J connectivity index is 2.05. The molecule has 0 aliphatic carbocycles. The van der Waals surface area contributed by atoms with Gasteiger partial charge < -0.3 is 9.47 Å². The first-order valence-electron chi connectivity index (χ1n) is 5.99. The molecule has 0 fully saturated rings. The number of nitro groups is 1. The molecule has 0 radical (unpaired) electrons. The minimum atomic E-state index is -1.03. The van der Waals surface area contributed by atoms with Crippen LogP contribution >= 0.6 is 0 Å². The minimum Gasteiger partial charge on any atom is -0.479 e. The first-order chi connectivity index (χ1) is 10.5. The molecule has 0 unspecified atom stereocenters. The van der Waals surface area contributed by atoms with E-state index in [9.17, 15) is 23.7 Å².